The molecule has 1 N–H and O–H groups in total. The van der Waals surface area contributed by atoms with Gasteiger partial charge in [0.1, 0.15) is 4.90 Å². The Hall–Kier alpha value is -1.61. The van der Waals surface area contributed by atoms with Crippen LogP contribution in [0.2, 0.25) is 0 Å². The quantitative estimate of drug-likeness (QED) is 0.842. The first-order valence-corrected chi connectivity index (χ1v) is 11.3. The molecule has 1 aromatic heterocycles. The lowest BCUT2D eigenvalue weighted by Gasteiger charge is -2.27. The number of urea groups is 1. The molecule has 0 aromatic carbocycles. The highest BCUT2D eigenvalue weighted by atomic mass is 32.2. The maximum absolute atomic E-state index is 13.1. The summed E-state index contributed by atoms with van der Waals surface area (Å²) in [7, 11) is -1.86. The third-order valence-electron chi connectivity index (χ3n) is 5.72. The number of nitrogens with zero attached hydrogens (tertiary/aromatic N) is 4. The van der Waals surface area contributed by atoms with E-state index in [0.717, 1.165) is 12.8 Å². The molecule has 0 bridgehead atoms. The first kappa shape index (κ1) is 20.1. The first-order valence-electron chi connectivity index (χ1n) is 9.86. The average molecular weight is 398 g/mol. The van der Waals surface area contributed by atoms with Crippen molar-refractivity contribution in [3.63, 3.8) is 0 Å². The van der Waals surface area contributed by atoms with Crippen molar-refractivity contribution in [2.24, 2.45) is 7.05 Å². The molecule has 1 aromatic rings. The average Bonchev–Trinajstić information content (AvgIpc) is 2.81. The lowest BCUT2D eigenvalue weighted by Crippen LogP contribution is -2.47. The second-order valence-electron chi connectivity index (χ2n) is 7.65. The van der Waals surface area contributed by atoms with Gasteiger partial charge in [-0.3, -0.25) is 4.68 Å². The van der Waals surface area contributed by atoms with Crippen LogP contribution in [-0.4, -0.2) is 65.7 Å². The minimum Gasteiger partial charge on any atom is -0.335 e. The number of rotatable bonds is 3. The molecule has 2 fully saturated rings. The molecule has 1 saturated carbocycles. The number of carbonyl (C=O) groups excluding carboxylic acids is 1. The molecule has 2 heterocycles. The number of hydrogen-bond donors (Lipinski definition) is 1. The topological polar surface area (TPSA) is 87.5 Å². The molecule has 0 unspecified atom stereocenters. The van der Waals surface area contributed by atoms with Crippen LogP contribution >= 0.6 is 0 Å². The van der Waals surface area contributed by atoms with Gasteiger partial charge in [-0.1, -0.05) is 19.3 Å². The first-order chi connectivity index (χ1) is 12.8. The minimum absolute atomic E-state index is 0.0603. The Bertz CT molecular complexity index is 783. The molecular weight excluding hydrogens is 366 g/mol. The summed E-state index contributed by atoms with van der Waals surface area (Å²) in [6, 6.07) is 0.199. The van der Waals surface area contributed by atoms with Crippen molar-refractivity contribution in [2.45, 2.75) is 63.3 Å². The minimum atomic E-state index is -3.61. The zero-order valence-corrected chi connectivity index (χ0v) is 17.4. The highest BCUT2D eigenvalue weighted by Gasteiger charge is 2.32. The molecule has 1 saturated heterocycles. The molecule has 1 aliphatic carbocycles. The molecule has 1 aliphatic heterocycles. The molecule has 0 atom stereocenters. The Morgan fingerprint density at radius 2 is 1.74 bits per heavy atom. The summed E-state index contributed by atoms with van der Waals surface area (Å²) in [5.41, 5.74) is 1.16. The van der Waals surface area contributed by atoms with Crippen LogP contribution < -0.4 is 5.32 Å². The summed E-state index contributed by atoms with van der Waals surface area (Å²) in [5.74, 6) is 0. The van der Waals surface area contributed by atoms with E-state index in [9.17, 15) is 13.2 Å². The Morgan fingerprint density at radius 1 is 1.04 bits per heavy atom. The molecule has 9 heteroatoms. The van der Waals surface area contributed by atoms with E-state index in [2.05, 4.69) is 10.4 Å². The molecule has 2 amide bonds. The SMILES string of the molecule is Cc1nn(C)c(C)c1S(=O)(=O)N1CCCN(C(=O)NC2CCCCC2)CC1. The highest BCUT2D eigenvalue weighted by Crippen LogP contribution is 2.24. The van der Waals surface area contributed by atoms with Crippen LogP contribution in [0.1, 0.15) is 49.9 Å². The number of aromatic nitrogens is 2. The van der Waals surface area contributed by atoms with Crippen LogP contribution in [0.4, 0.5) is 4.79 Å². The van der Waals surface area contributed by atoms with Crippen LogP contribution in [0.5, 0.6) is 0 Å². The number of amides is 2. The van der Waals surface area contributed by atoms with E-state index in [1.165, 1.54) is 23.6 Å². The normalized spacial score (nSPS) is 20.5. The number of nitrogens with one attached hydrogen (secondary N) is 1. The second-order valence-corrected chi connectivity index (χ2v) is 9.53. The van der Waals surface area contributed by atoms with Gasteiger partial charge in [0.2, 0.25) is 10.0 Å². The van der Waals surface area contributed by atoms with Gasteiger partial charge >= 0.3 is 6.03 Å². The second kappa shape index (κ2) is 8.18. The molecular formula is C18H31N5O3S. The van der Waals surface area contributed by atoms with Gasteiger partial charge in [0.05, 0.1) is 11.4 Å². The maximum atomic E-state index is 13.1. The van der Waals surface area contributed by atoms with Crippen molar-refractivity contribution in [3.05, 3.63) is 11.4 Å². The van der Waals surface area contributed by atoms with Gasteiger partial charge in [0.15, 0.2) is 0 Å². The van der Waals surface area contributed by atoms with Crippen LogP contribution in [0, 0.1) is 13.8 Å². The predicted molar refractivity (Wildman–Crippen MR) is 103 cm³/mol. The molecule has 8 nitrogen and oxygen atoms in total. The Kier molecular flexibility index (Phi) is 6.10. The van der Waals surface area contributed by atoms with Crippen molar-refractivity contribution in [1.82, 2.24) is 24.3 Å². The van der Waals surface area contributed by atoms with E-state index in [4.69, 9.17) is 0 Å². The zero-order chi connectivity index (χ0) is 19.6. The summed E-state index contributed by atoms with van der Waals surface area (Å²) in [6.07, 6.45) is 6.30. The van der Waals surface area contributed by atoms with Gasteiger partial charge in [-0.15, -0.1) is 0 Å². The van der Waals surface area contributed by atoms with Gasteiger partial charge in [0, 0.05) is 39.3 Å². The van der Waals surface area contributed by atoms with E-state index >= 15 is 0 Å². The number of aryl methyl sites for hydroxylation is 2. The summed E-state index contributed by atoms with van der Waals surface area (Å²) >= 11 is 0. The Morgan fingerprint density at radius 3 is 2.37 bits per heavy atom. The van der Waals surface area contributed by atoms with E-state index in [1.54, 1.807) is 30.5 Å². The van der Waals surface area contributed by atoms with Crippen LogP contribution in [-0.2, 0) is 17.1 Å². The van der Waals surface area contributed by atoms with Crippen molar-refractivity contribution >= 4 is 16.1 Å². The van der Waals surface area contributed by atoms with Gasteiger partial charge in [0.25, 0.3) is 0 Å². The lowest BCUT2D eigenvalue weighted by molar-refractivity contribution is 0.192. The van der Waals surface area contributed by atoms with Gasteiger partial charge in [-0.2, -0.15) is 9.40 Å². The maximum Gasteiger partial charge on any atom is 0.317 e. The van der Waals surface area contributed by atoms with E-state index in [-0.39, 0.29) is 12.1 Å². The van der Waals surface area contributed by atoms with E-state index in [0.29, 0.717) is 48.9 Å². The van der Waals surface area contributed by atoms with Crippen LogP contribution in [0.25, 0.3) is 0 Å². The predicted octanol–water partition coefficient (Wildman–Crippen LogP) is 1.78. The van der Waals surface area contributed by atoms with Gasteiger partial charge < -0.3 is 10.2 Å². The lowest BCUT2D eigenvalue weighted by atomic mass is 9.96. The summed E-state index contributed by atoms with van der Waals surface area (Å²) in [5, 5.41) is 7.37. The van der Waals surface area contributed by atoms with Crippen LogP contribution in [0.15, 0.2) is 4.90 Å². The fourth-order valence-electron chi connectivity index (χ4n) is 4.11. The van der Waals surface area contributed by atoms with Crippen molar-refractivity contribution in [3.8, 4) is 0 Å². The standard InChI is InChI=1S/C18H31N5O3S/c1-14-17(15(2)21(3)20-14)27(25,26)23-11-7-10-22(12-13-23)18(24)19-16-8-5-4-6-9-16/h16H,4-13H2,1-3H3,(H,19,24). The molecule has 152 valence electrons. The molecule has 2 aliphatic rings. The smallest absolute Gasteiger partial charge is 0.317 e. The third-order valence-corrected chi connectivity index (χ3v) is 7.87. The zero-order valence-electron chi connectivity index (χ0n) is 16.6. The summed E-state index contributed by atoms with van der Waals surface area (Å²) < 4.78 is 29.4. The largest absolute Gasteiger partial charge is 0.335 e. The number of carbonyl (C=O) groups is 1. The van der Waals surface area contributed by atoms with E-state index < -0.39 is 10.0 Å². The van der Waals surface area contributed by atoms with Crippen LogP contribution in [0.3, 0.4) is 0 Å². The van der Waals surface area contributed by atoms with Crippen molar-refractivity contribution in [1.29, 1.82) is 0 Å². The summed E-state index contributed by atoms with van der Waals surface area (Å²) in [6.45, 7) is 5.22. The number of hydrogen-bond acceptors (Lipinski definition) is 4. The molecule has 27 heavy (non-hydrogen) atoms. The third kappa shape index (κ3) is 4.29. The number of sulfonamides is 1. The van der Waals surface area contributed by atoms with Crippen molar-refractivity contribution in [2.75, 3.05) is 26.2 Å². The Labute approximate surface area is 161 Å². The molecule has 0 radical (unpaired) electrons. The van der Waals surface area contributed by atoms with Gasteiger partial charge in [-0.25, -0.2) is 13.2 Å². The monoisotopic (exact) mass is 397 g/mol. The fourth-order valence-corrected chi connectivity index (χ4v) is 5.98. The fraction of sp³-hybridized carbons (Fsp3) is 0.778. The van der Waals surface area contributed by atoms with Crippen molar-refractivity contribution < 1.29 is 13.2 Å². The van der Waals surface area contributed by atoms with E-state index in [1.807, 2.05) is 0 Å². The highest BCUT2D eigenvalue weighted by molar-refractivity contribution is 7.89. The molecule has 0 spiro atoms. The Balaban J connectivity index is 1.66. The van der Waals surface area contributed by atoms with Gasteiger partial charge in [-0.05, 0) is 33.1 Å². The summed E-state index contributed by atoms with van der Waals surface area (Å²) in [4.78, 5) is 14.6. The molecule has 3 rings (SSSR count).